The topological polar surface area (TPSA) is 75.4 Å². The standard InChI is InChI=1S/C14H18ClN3O2/c1-9(19)18-4-2-13(3-5-18)17-14(20)10-6-11(15)8-12(16)7-10/h6-8,13H,2-5,16H2,1H3,(H,17,20). The number of carbonyl (C=O) groups is 2. The minimum absolute atomic E-state index is 0.0809. The van der Waals surface area contributed by atoms with Gasteiger partial charge in [-0.2, -0.15) is 0 Å². The first-order chi connectivity index (χ1) is 9.45. The maximum Gasteiger partial charge on any atom is 0.251 e. The van der Waals surface area contributed by atoms with Crippen LogP contribution < -0.4 is 11.1 Å². The van der Waals surface area contributed by atoms with E-state index in [1.54, 1.807) is 30.0 Å². The van der Waals surface area contributed by atoms with Crippen molar-refractivity contribution in [2.24, 2.45) is 0 Å². The SMILES string of the molecule is CC(=O)N1CCC(NC(=O)c2cc(N)cc(Cl)c2)CC1. The van der Waals surface area contributed by atoms with Crippen molar-refractivity contribution in [2.45, 2.75) is 25.8 Å². The van der Waals surface area contributed by atoms with Crippen molar-refractivity contribution in [2.75, 3.05) is 18.8 Å². The molecule has 0 bridgehead atoms. The molecule has 2 amide bonds. The van der Waals surface area contributed by atoms with Crippen LogP contribution in [0.15, 0.2) is 18.2 Å². The molecule has 1 aromatic rings. The third kappa shape index (κ3) is 3.63. The second-order valence-corrected chi connectivity index (χ2v) is 5.46. The van der Waals surface area contributed by atoms with E-state index in [9.17, 15) is 9.59 Å². The van der Waals surface area contributed by atoms with Gasteiger partial charge in [0.15, 0.2) is 0 Å². The molecule has 0 radical (unpaired) electrons. The molecule has 20 heavy (non-hydrogen) atoms. The highest BCUT2D eigenvalue weighted by molar-refractivity contribution is 6.31. The summed E-state index contributed by atoms with van der Waals surface area (Å²) in [4.78, 5) is 25.2. The number of nitrogens with two attached hydrogens (primary N) is 1. The second-order valence-electron chi connectivity index (χ2n) is 5.03. The van der Waals surface area contributed by atoms with Gasteiger partial charge in [-0.05, 0) is 31.0 Å². The number of carbonyl (C=O) groups excluding carboxylic acids is 2. The van der Waals surface area contributed by atoms with Crippen LogP contribution in [-0.2, 0) is 4.79 Å². The Morgan fingerprint density at radius 3 is 2.50 bits per heavy atom. The predicted octanol–water partition coefficient (Wildman–Crippen LogP) is 1.66. The number of piperidine rings is 1. The van der Waals surface area contributed by atoms with Gasteiger partial charge in [0.2, 0.25) is 5.91 Å². The van der Waals surface area contributed by atoms with Crippen LogP contribution in [0.4, 0.5) is 5.69 Å². The third-order valence-corrected chi connectivity index (χ3v) is 3.68. The Hall–Kier alpha value is -1.75. The van der Waals surface area contributed by atoms with Crippen LogP contribution in [0.25, 0.3) is 0 Å². The molecular formula is C14H18ClN3O2. The summed E-state index contributed by atoms with van der Waals surface area (Å²) in [5.41, 5.74) is 6.60. The molecule has 108 valence electrons. The average molecular weight is 296 g/mol. The summed E-state index contributed by atoms with van der Waals surface area (Å²) >= 11 is 5.89. The third-order valence-electron chi connectivity index (χ3n) is 3.46. The molecule has 0 aliphatic carbocycles. The van der Waals surface area contributed by atoms with Crippen LogP contribution >= 0.6 is 11.6 Å². The lowest BCUT2D eigenvalue weighted by atomic mass is 10.0. The van der Waals surface area contributed by atoms with E-state index in [-0.39, 0.29) is 17.9 Å². The monoisotopic (exact) mass is 295 g/mol. The van der Waals surface area contributed by atoms with Crippen LogP contribution in [0.3, 0.4) is 0 Å². The first-order valence-corrected chi connectivity index (χ1v) is 6.96. The Morgan fingerprint density at radius 2 is 1.95 bits per heavy atom. The first-order valence-electron chi connectivity index (χ1n) is 6.58. The van der Waals surface area contributed by atoms with Crippen molar-refractivity contribution >= 4 is 29.1 Å². The van der Waals surface area contributed by atoms with Crippen molar-refractivity contribution in [3.63, 3.8) is 0 Å². The van der Waals surface area contributed by atoms with E-state index in [4.69, 9.17) is 17.3 Å². The molecule has 1 fully saturated rings. The smallest absolute Gasteiger partial charge is 0.251 e. The number of rotatable bonds is 2. The van der Waals surface area contributed by atoms with E-state index in [1.807, 2.05) is 0 Å². The van der Waals surface area contributed by atoms with Gasteiger partial charge in [0.1, 0.15) is 0 Å². The van der Waals surface area contributed by atoms with E-state index in [0.717, 1.165) is 12.8 Å². The number of nitrogens with zero attached hydrogens (tertiary/aromatic N) is 1. The molecule has 1 saturated heterocycles. The molecule has 0 unspecified atom stereocenters. The molecular weight excluding hydrogens is 278 g/mol. The Morgan fingerprint density at radius 1 is 1.30 bits per heavy atom. The van der Waals surface area contributed by atoms with E-state index in [1.165, 1.54) is 0 Å². The van der Waals surface area contributed by atoms with Gasteiger partial charge in [0.25, 0.3) is 5.91 Å². The summed E-state index contributed by atoms with van der Waals surface area (Å²) in [7, 11) is 0. The maximum atomic E-state index is 12.1. The quantitative estimate of drug-likeness (QED) is 0.815. The van der Waals surface area contributed by atoms with E-state index < -0.39 is 0 Å². The van der Waals surface area contributed by atoms with Crippen LogP contribution in [-0.4, -0.2) is 35.8 Å². The van der Waals surface area contributed by atoms with Crippen molar-refractivity contribution in [1.29, 1.82) is 0 Å². The number of amides is 2. The summed E-state index contributed by atoms with van der Waals surface area (Å²) in [6, 6.07) is 4.88. The fraction of sp³-hybridized carbons (Fsp3) is 0.429. The molecule has 5 nitrogen and oxygen atoms in total. The average Bonchev–Trinajstić information content (AvgIpc) is 2.38. The number of halogens is 1. The van der Waals surface area contributed by atoms with Crippen molar-refractivity contribution in [3.8, 4) is 0 Å². The Balaban J connectivity index is 1.94. The van der Waals surface area contributed by atoms with Crippen molar-refractivity contribution < 1.29 is 9.59 Å². The molecule has 0 aromatic heterocycles. The molecule has 0 saturated carbocycles. The molecule has 0 spiro atoms. The van der Waals surface area contributed by atoms with E-state index in [2.05, 4.69) is 5.32 Å². The second kappa shape index (κ2) is 6.13. The molecule has 1 aliphatic rings. The molecule has 3 N–H and O–H groups in total. The molecule has 1 aliphatic heterocycles. The highest BCUT2D eigenvalue weighted by Crippen LogP contribution is 2.17. The van der Waals surface area contributed by atoms with Gasteiger partial charge in [-0.3, -0.25) is 9.59 Å². The number of likely N-dealkylation sites (tertiary alicyclic amines) is 1. The van der Waals surface area contributed by atoms with Gasteiger partial charge in [-0.1, -0.05) is 11.6 Å². The van der Waals surface area contributed by atoms with Crippen LogP contribution in [0, 0.1) is 0 Å². The summed E-state index contributed by atoms with van der Waals surface area (Å²) in [6.07, 6.45) is 1.53. The maximum absolute atomic E-state index is 12.1. The number of benzene rings is 1. The van der Waals surface area contributed by atoms with Crippen LogP contribution in [0.5, 0.6) is 0 Å². The number of anilines is 1. The van der Waals surface area contributed by atoms with Crippen LogP contribution in [0.1, 0.15) is 30.1 Å². The van der Waals surface area contributed by atoms with Gasteiger partial charge in [-0.25, -0.2) is 0 Å². The Bertz CT molecular complexity index is 505. The largest absolute Gasteiger partial charge is 0.399 e. The zero-order valence-electron chi connectivity index (χ0n) is 11.4. The van der Waals surface area contributed by atoms with Gasteiger partial charge in [0.05, 0.1) is 0 Å². The molecule has 1 aromatic carbocycles. The summed E-state index contributed by atoms with van der Waals surface area (Å²) < 4.78 is 0. The van der Waals surface area contributed by atoms with E-state index in [0.29, 0.717) is 29.4 Å². The number of nitrogens with one attached hydrogen (secondary N) is 1. The van der Waals surface area contributed by atoms with Gasteiger partial charge in [-0.15, -0.1) is 0 Å². The minimum Gasteiger partial charge on any atom is -0.399 e. The number of nitrogen functional groups attached to an aromatic ring is 1. The molecule has 2 rings (SSSR count). The Kier molecular flexibility index (Phi) is 4.49. The Labute approximate surface area is 123 Å². The molecule has 0 atom stereocenters. The van der Waals surface area contributed by atoms with Gasteiger partial charge >= 0.3 is 0 Å². The van der Waals surface area contributed by atoms with Crippen LogP contribution in [0.2, 0.25) is 5.02 Å². The minimum atomic E-state index is -0.180. The summed E-state index contributed by atoms with van der Waals surface area (Å²) in [5.74, 6) is -0.0992. The number of hydrogen-bond acceptors (Lipinski definition) is 3. The highest BCUT2D eigenvalue weighted by Gasteiger charge is 2.22. The first kappa shape index (κ1) is 14.7. The molecule has 1 heterocycles. The lowest BCUT2D eigenvalue weighted by molar-refractivity contribution is -0.129. The van der Waals surface area contributed by atoms with E-state index >= 15 is 0 Å². The van der Waals surface area contributed by atoms with Crippen molar-refractivity contribution in [1.82, 2.24) is 10.2 Å². The predicted molar refractivity (Wildman–Crippen MR) is 78.6 cm³/mol. The zero-order chi connectivity index (χ0) is 14.7. The van der Waals surface area contributed by atoms with Gasteiger partial charge < -0.3 is 16.0 Å². The zero-order valence-corrected chi connectivity index (χ0v) is 12.1. The lowest BCUT2D eigenvalue weighted by Gasteiger charge is -2.31. The summed E-state index contributed by atoms with van der Waals surface area (Å²) in [6.45, 7) is 2.92. The lowest BCUT2D eigenvalue weighted by Crippen LogP contribution is -2.46. The highest BCUT2D eigenvalue weighted by atomic mass is 35.5. The number of hydrogen-bond donors (Lipinski definition) is 2. The molecule has 6 heteroatoms. The normalized spacial score (nSPS) is 16.0. The van der Waals surface area contributed by atoms with Crippen molar-refractivity contribution in [3.05, 3.63) is 28.8 Å². The van der Waals surface area contributed by atoms with Gasteiger partial charge in [0, 0.05) is 42.3 Å². The fourth-order valence-electron chi connectivity index (χ4n) is 2.35. The fourth-order valence-corrected chi connectivity index (χ4v) is 2.59. The summed E-state index contributed by atoms with van der Waals surface area (Å²) in [5, 5.41) is 3.40.